The molecule has 0 bridgehead atoms. The van der Waals surface area contributed by atoms with Crippen molar-refractivity contribution in [2.24, 2.45) is 5.73 Å². The molecular weight excluding hydrogens is 172 g/mol. The summed E-state index contributed by atoms with van der Waals surface area (Å²) in [4.78, 5) is 0. The maximum atomic E-state index is 13.0. The Balaban J connectivity index is 3.06. The third-order valence-corrected chi connectivity index (χ3v) is 1.71. The summed E-state index contributed by atoms with van der Waals surface area (Å²) in [5.41, 5.74) is 5.35. The lowest BCUT2D eigenvalue weighted by molar-refractivity contribution is 0.529. The number of rotatable bonds is 2. The van der Waals surface area contributed by atoms with Gasteiger partial charge in [0.25, 0.3) is 0 Å². The lowest BCUT2D eigenvalue weighted by Crippen LogP contribution is -2.13. The fourth-order valence-electron chi connectivity index (χ4n) is 1.09. The van der Waals surface area contributed by atoms with E-state index in [4.69, 9.17) is 12.2 Å². The minimum absolute atomic E-state index is 0.123. The van der Waals surface area contributed by atoms with Crippen LogP contribution < -0.4 is 5.73 Å². The lowest BCUT2D eigenvalue weighted by atomic mass is 10.0. The zero-order chi connectivity index (χ0) is 9.84. The van der Waals surface area contributed by atoms with E-state index in [-0.39, 0.29) is 12.0 Å². The molecule has 0 amide bonds. The standard InChI is InChI=1S/C10H9F2N/c1-2-4-9(13)10-7(11)5-3-6-8(10)12/h1,3,5-6,9H,4,13H2. The Morgan fingerprint density at radius 3 is 2.38 bits per heavy atom. The third kappa shape index (κ3) is 2.04. The molecule has 2 N–H and O–H groups in total. The van der Waals surface area contributed by atoms with Crippen LogP contribution >= 0.6 is 0 Å². The van der Waals surface area contributed by atoms with Crippen molar-refractivity contribution < 1.29 is 8.78 Å². The summed E-state index contributed by atoms with van der Waals surface area (Å²) in [6.07, 6.45) is 5.11. The van der Waals surface area contributed by atoms with Crippen LogP contribution in [0.15, 0.2) is 18.2 Å². The average molecular weight is 181 g/mol. The molecule has 0 fully saturated rings. The molecule has 1 unspecified atom stereocenters. The van der Waals surface area contributed by atoms with E-state index in [2.05, 4.69) is 5.92 Å². The third-order valence-electron chi connectivity index (χ3n) is 1.71. The van der Waals surface area contributed by atoms with Crippen LogP contribution in [-0.2, 0) is 0 Å². The summed E-state index contributed by atoms with van der Waals surface area (Å²) in [5, 5.41) is 0. The van der Waals surface area contributed by atoms with E-state index in [9.17, 15) is 8.78 Å². The first kappa shape index (κ1) is 9.69. The Morgan fingerprint density at radius 2 is 1.92 bits per heavy atom. The van der Waals surface area contributed by atoms with Gasteiger partial charge < -0.3 is 5.73 Å². The van der Waals surface area contributed by atoms with Crippen LogP contribution in [0.1, 0.15) is 18.0 Å². The van der Waals surface area contributed by atoms with Crippen LogP contribution in [0.3, 0.4) is 0 Å². The highest BCUT2D eigenvalue weighted by atomic mass is 19.1. The predicted octanol–water partition coefficient (Wildman–Crippen LogP) is 1.99. The summed E-state index contributed by atoms with van der Waals surface area (Å²) < 4.78 is 26.1. The van der Waals surface area contributed by atoms with E-state index >= 15 is 0 Å². The number of hydrogen-bond donors (Lipinski definition) is 1. The number of terminal acetylenes is 1. The van der Waals surface area contributed by atoms with Crippen molar-refractivity contribution in [2.45, 2.75) is 12.5 Å². The van der Waals surface area contributed by atoms with Crippen LogP contribution in [0, 0.1) is 24.0 Å². The molecule has 0 saturated carbocycles. The molecule has 68 valence electrons. The van der Waals surface area contributed by atoms with Gasteiger partial charge in [-0.05, 0) is 12.1 Å². The Labute approximate surface area is 75.6 Å². The first-order chi connectivity index (χ1) is 6.16. The summed E-state index contributed by atoms with van der Waals surface area (Å²) in [7, 11) is 0. The number of halogens is 2. The van der Waals surface area contributed by atoms with E-state index < -0.39 is 17.7 Å². The quantitative estimate of drug-likeness (QED) is 0.694. The molecule has 0 aliphatic carbocycles. The second-order valence-corrected chi connectivity index (χ2v) is 2.65. The maximum absolute atomic E-state index is 13.0. The molecule has 0 aliphatic rings. The van der Waals surface area contributed by atoms with E-state index in [1.54, 1.807) is 0 Å². The predicted molar refractivity (Wildman–Crippen MR) is 46.7 cm³/mol. The Bertz CT molecular complexity index is 321. The summed E-state index contributed by atoms with van der Waals surface area (Å²) in [6.45, 7) is 0. The number of nitrogens with two attached hydrogens (primary N) is 1. The Kier molecular flexibility index (Phi) is 2.99. The van der Waals surface area contributed by atoms with Gasteiger partial charge in [-0.3, -0.25) is 0 Å². The largest absolute Gasteiger partial charge is 0.323 e. The zero-order valence-electron chi connectivity index (χ0n) is 6.93. The van der Waals surface area contributed by atoms with Crippen molar-refractivity contribution in [1.29, 1.82) is 0 Å². The van der Waals surface area contributed by atoms with Gasteiger partial charge in [0.2, 0.25) is 0 Å². The second-order valence-electron chi connectivity index (χ2n) is 2.65. The summed E-state index contributed by atoms with van der Waals surface area (Å²) in [5.74, 6) is 0.962. The molecule has 0 aromatic heterocycles. The highest BCUT2D eigenvalue weighted by Crippen LogP contribution is 2.20. The smallest absolute Gasteiger partial charge is 0.130 e. The molecule has 0 aliphatic heterocycles. The summed E-state index contributed by atoms with van der Waals surface area (Å²) >= 11 is 0. The SMILES string of the molecule is C#CCC(N)c1c(F)cccc1F. The van der Waals surface area contributed by atoms with E-state index in [1.165, 1.54) is 6.07 Å². The topological polar surface area (TPSA) is 26.0 Å². The molecule has 1 aromatic carbocycles. The highest BCUT2D eigenvalue weighted by Gasteiger charge is 2.14. The van der Waals surface area contributed by atoms with Crippen molar-refractivity contribution >= 4 is 0 Å². The number of benzene rings is 1. The van der Waals surface area contributed by atoms with E-state index in [0.29, 0.717) is 0 Å². The molecular formula is C10H9F2N. The van der Waals surface area contributed by atoms with E-state index in [0.717, 1.165) is 12.1 Å². The molecule has 0 radical (unpaired) electrons. The van der Waals surface area contributed by atoms with Gasteiger partial charge in [0.1, 0.15) is 11.6 Å². The second kappa shape index (κ2) is 4.01. The average Bonchev–Trinajstić information content (AvgIpc) is 2.04. The molecule has 13 heavy (non-hydrogen) atoms. The van der Waals surface area contributed by atoms with Gasteiger partial charge in [0.15, 0.2) is 0 Å². The molecule has 1 rings (SSSR count). The van der Waals surface area contributed by atoms with Crippen LogP contribution in [0.5, 0.6) is 0 Å². The van der Waals surface area contributed by atoms with Gasteiger partial charge in [0.05, 0.1) is 0 Å². The fourth-order valence-corrected chi connectivity index (χ4v) is 1.09. The molecule has 3 heteroatoms. The lowest BCUT2D eigenvalue weighted by Gasteiger charge is -2.10. The fraction of sp³-hybridized carbons (Fsp3) is 0.200. The Hall–Kier alpha value is -1.40. The molecule has 1 atom stereocenters. The van der Waals surface area contributed by atoms with Crippen molar-refractivity contribution in [3.8, 4) is 12.3 Å². The van der Waals surface area contributed by atoms with E-state index in [1.807, 2.05) is 0 Å². The van der Waals surface area contributed by atoms with Gasteiger partial charge in [-0.25, -0.2) is 8.78 Å². The van der Waals surface area contributed by atoms with Crippen LogP contribution in [0.4, 0.5) is 8.78 Å². The molecule has 1 aromatic rings. The van der Waals surface area contributed by atoms with Crippen LogP contribution in [0.25, 0.3) is 0 Å². The normalized spacial score (nSPS) is 12.2. The van der Waals surface area contributed by atoms with Crippen molar-refractivity contribution in [2.75, 3.05) is 0 Å². The van der Waals surface area contributed by atoms with Gasteiger partial charge in [-0.15, -0.1) is 12.3 Å². The van der Waals surface area contributed by atoms with Crippen LogP contribution in [0.2, 0.25) is 0 Å². The van der Waals surface area contributed by atoms with Gasteiger partial charge in [-0.2, -0.15) is 0 Å². The minimum Gasteiger partial charge on any atom is -0.323 e. The van der Waals surface area contributed by atoms with Gasteiger partial charge >= 0.3 is 0 Å². The highest BCUT2D eigenvalue weighted by molar-refractivity contribution is 5.24. The first-order valence-electron chi connectivity index (χ1n) is 3.79. The van der Waals surface area contributed by atoms with Crippen molar-refractivity contribution in [3.63, 3.8) is 0 Å². The first-order valence-corrected chi connectivity index (χ1v) is 3.79. The summed E-state index contributed by atoms with van der Waals surface area (Å²) in [6, 6.07) is 2.84. The van der Waals surface area contributed by atoms with Crippen molar-refractivity contribution in [1.82, 2.24) is 0 Å². The Morgan fingerprint density at radius 1 is 1.38 bits per heavy atom. The molecule has 0 spiro atoms. The van der Waals surface area contributed by atoms with Gasteiger partial charge in [-0.1, -0.05) is 6.07 Å². The van der Waals surface area contributed by atoms with Crippen LogP contribution in [-0.4, -0.2) is 0 Å². The van der Waals surface area contributed by atoms with Crippen molar-refractivity contribution in [3.05, 3.63) is 35.4 Å². The molecule has 1 nitrogen and oxygen atoms in total. The monoisotopic (exact) mass is 181 g/mol. The maximum Gasteiger partial charge on any atom is 0.130 e. The minimum atomic E-state index is -0.772. The van der Waals surface area contributed by atoms with Gasteiger partial charge in [0, 0.05) is 18.0 Å². The number of hydrogen-bond acceptors (Lipinski definition) is 1. The zero-order valence-corrected chi connectivity index (χ0v) is 6.93. The molecule has 0 heterocycles. The molecule has 0 saturated heterocycles.